The molecule has 0 aliphatic carbocycles. The summed E-state index contributed by atoms with van der Waals surface area (Å²) in [7, 11) is 1.61. The smallest absolute Gasteiger partial charge is 0.248 e. The largest absolute Gasteiger partial charge is 0.497 e. The zero-order valence-corrected chi connectivity index (χ0v) is 13.6. The number of rotatable bonds is 7. The predicted octanol–water partition coefficient (Wildman–Crippen LogP) is 2.20. The van der Waals surface area contributed by atoms with Crippen molar-refractivity contribution in [3.63, 3.8) is 0 Å². The van der Waals surface area contributed by atoms with E-state index in [-0.39, 0.29) is 5.91 Å². The number of carbonyl (C=O) groups excluding carboxylic acids is 2. The van der Waals surface area contributed by atoms with E-state index >= 15 is 0 Å². The van der Waals surface area contributed by atoms with Crippen LogP contribution in [0.1, 0.15) is 15.9 Å². The number of primary amides is 1. The molecule has 2 aromatic rings. The third kappa shape index (κ3) is 5.34. The Morgan fingerprint density at radius 2 is 1.91 bits per heavy atom. The van der Waals surface area contributed by atoms with Gasteiger partial charge in [0.1, 0.15) is 5.75 Å². The molecule has 2 aromatic carbocycles. The molecule has 0 heterocycles. The van der Waals surface area contributed by atoms with Crippen LogP contribution in [0.25, 0.3) is 0 Å². The van der Waals surface area contributed by atoms with E-state index in [2.05, 4.69) is 5.32 Å². The van der Waals surface area contributed by atoms with E-state index in [0.29, 0.717) is 17.9 Å². The van der Waals surface area contributed by atoms with Crippen LogP contribution in [0.4, 0.5) is 0 Å². The van der Waals surface area contributed by atoms with Gasteiger partial charge in [0.15, 0.2) is 0 Å². The first kappa shape index (κ1) is 16.9. The second-order valence-electron chi connectivity index (χ2n) is 4.81. The molecule has 0 unspecified atom stereocenters. The topological polar surface area (TPSA) is 81.4 Å². The molecule has 0 saturated heterocycles. The summed E-state index contributed by atoms with van der Waals surface area (Å²) in [5.41, 5.74) is 6.50. The second-order valence-corrected chi connectivity index (χ2v) is 5.85. The third-order valence-electron chi connectivity index (χ3n) is 3.13. The lowest BCUT2D eigenvalue weighted by Gasteiger charge is -2.07. The molecule has 2 rings (SSSR count). The van der Waals surface area contributed by atoms with Gasteiger partial charge >= 0.3 is 0 Å². The molecule has 0 aromatic heterocycles. The van der Waals surface area contributed by atoms with E-state index < -0.39 is 5.91 Å². The fraction of sp³-hybridized carbons (Fsp3) is 0.176. The van der Waals surface area contributed by atoms with Crippen LogP contribution in [0.5, 0.6) is 5.75 Å². The summed E-state index contributed by atoms with van der Waals surface area (Å²) in [6.07, 6.45) is 0. The lowest BCUT2D eigenvalue weighted by molar-refractivity contribution is -0.118. The highest BCUT2D eigenvalue weighted by Gasteiger charge is 2.05. The van der Waals surface area contributed by atoms with Gasteiger partial charge in [-0.1, -0.05) is 12.1 Å². The molecule has 0 atom stereocenters. The number of ether oxygens (including phenoxy) is 1. The molecule has 0 bridgehead atoms. The Bertz CT molecular complexity index is 686. The SMILES string of the molecule is COc1ccc(SCC(=O)NCc2cccc(C(N)=O)c2)cc1. The van der Waals surface area contributed by atoms with Crippen molar-refractivity contribution in [3.05, 3.63) is 59.7 Å². The van der Waals surface area contributed by atoms with Crippen molar-refractivity contribution in [3.8, 4) is 5.75 Å². The van der Waals surface area contributed by atoms with Crippen molar-refractivity contribution < 1.29 is 14.3 Å². The fourth-order valence-electron chi connectivity index (χ4n) is 1.91. The Balaban J connectivity index is 1.80. The molecule has 0 fully saturated rings. The fourth-order valence-corrected chi connectivity index (χ4v) is 2.64. The van der Waals surface area contributed by atoms with Crippen molar-refractivity contribution in [2.24, 2.45) is 5.73 Å². The van der Waals surface area contributed by atoms with Crippen LogP contribution in [0, 0.1) is 0 Å². The highest BCUT2D eigenvalue weighted by atomic mass is 32.2. The average molecular weight is 330 g/mol. The Morgan fingerprint density at radius 1 is 1.17 bits per heavy atom. The van der Waals surface area contributed by atoms with Crippen molar-refractivity contribution in [2.45, 2.75) is 11.4 Å². The van der Waals surface area contributed by atoms with E-state index in [0.717, 1.165) is 16.2 Å². The summed E-state index contributed by atoms with van der Waals surface area (Å²) in [6, 6.07) is 14.4. The highest BCUT2D eigenvalue weighted by molar-refractivity contribution is 8.00. The molecule has 0 radical (unpaired) electrons. The van der Waals surface area contributed by atoms with Gasteiger partial charge in [0, 0.05) is 17.0 Å². The summed E-state index contributed by atoms with van der Waals surface area (Å²) >= 11 is 1.45. The first-order valence-electron chi connectivity index (χ1n) is 7.01. The molecule has 2 amide bonds. The molecule has 0 saturated carbocycles. The van der Waals surface area contributed by atoms with Crippen LogP contribution in [0.3, 0.4) is 0 Å². The third-order valence-corrected chi connectivity index (χ3v) is 4.14. The van der Waals surface area contributed by atoms with Gasteiger partial charge in [0.25, 0.3) is 0 Å². The van der Waals surface area contributed by atoms with Gasteiger partial charge in [-0.25, -0.2) is 0 Å². The van der Waals surface area contributed by atoms with E-state index in [1.807, 2.05) is 30.3 Å². The number of amides is 2. The van der Waals surface area contributed by atoms with Crippen molar-refractivity contribution in [1.29, 1.82) is 0 Å². The molecule has 5 nitrogen and oxygen atoms in total. The predicted molar refractivity (Wildman–Crippen MR) is 90.5 cm³/mol. The van der Waals surface area contributed by atoms with Gasteiger partial charge in [0.2, 0.25) is 11.8 Å². The maximum Gasteiger partial charge on any atom is 0.248 e. The Labute approximate surface area is 139 Å². The number of methoxy groups -OCH3 is 1. The van der Waals surface area contributed by atoms with E-state index in [9.17, 15) is 9.59 Å². The van der Waals surface area contributed by atoms with Gasteiger partial charge in [0.05, 0.1) is 12.9 Å². The summed E-state index contributed by atoms with van der Waals surface area (Å²) < 4.78 is 5.09. The molecule has 23 heavy (non-hydrogen) atoms. The molecular weight excluding hydrogens is 312 g/mol. The van der Waals surface area contributed by atoms with Gasteiger partial charge in [-0.2, -0.15) is 0 Å². The van der Waals surface area contributed by atoms with Crippen molar-refractivity contribution in [2.75, 3.05) is 12.9 Å². The maximum absolute atomic E-state index is 11.9. The van der Waals surface area contributed by atoms with E-state index in [1.165, 1.54) is 11.8 Å². The first-order valence-corrected chi connectivity index (χ1v) is 7.99. The van der Waals surface area contributed by atoms with Crippen LogP contribution >= 0.6 is 11.8 Å². The maximum atomic E-state index is 11.9. The number of nitrogens with one attached hydrogen (secondary N) is 1. The minimum atomic E-state index is -0.478. The Morgan fingerprint density at radius 3 is 2.57 bits per heavy atom. The molecule has 0 aliphatic rings. The van der Waals surface area contributed by atoms with Gasteiger partial charge in [-0.15, -0.1) is 11.8 Å². The van der Waals surface area contributed by atoms with E-state index in [1.54, 1.807) is 25.3 Å². The van der Waals surface area contributed by atoms with Crippen LogP contribution in [-0.4, -0.2) is 24.7 Å². The summed E-state index contributed by atoms with van der Waals surface area (Å²) in [4.78, 5) is 24.0. The quantitative estimate of drug-likeness (QED) is 0.763. The summed E-state index contributed by atoms with van der Waals surface area (Å²) in [5, 5.41) is 2.82. The number of benzene rings is 2. The van der Waals surface area contributed by atoms with Gasteiger partial charge in [-0.3, -0.25) is 9.59 Å². The van der Waals surface area contributed by atoms with Crippen LogP contribution < -0.4 is 15.8 Å². The Hall–Kier alpha value is -2.47. The molecular formula is C17H18N2O3S. The Kier molecular flexibility index (Phi) is 6.05. The van der Waals surface area contributed by atoms with Crippen LogP contribution in [-0.2, 0) is 11.3 Å². The molecule has 0 spiro atoms. The van der Waals surface area contributed by atoms with Gasteiger partial charge < -0.3 is 15.8 Å². The minimum Gasteiger partial charge on any atom is -0.497 e. The average Bonchev–Trinajstić information content (AvgIpc) is 2.58. The van der Waals surface area contributed by atoms with Gasteiger partial charge in [-0.05, 0) is 42.0 Å². The molecule has 0 aliphatic heterocycles. The monoisotopic (exact) mass is 330 g/mol. The van der Waals surface area contributed by atoms with Crippen LogP contribution in [0.2, 0.25) is 0 Å². The minimum absolute atomic E-state index is 0.0738. The summed E-state index contributed by atoms with van der Waals surface area (Å²) in [6.45, 7) is 0.364. The van der Waals surface area contributed by atoms with Crippen molar-refractivity contribution in [1.82, 2.24) is 5.32 Å². The molecule has 3 N–H and O–H groups in total. The lowest BCUT2D eigenvalue weighted by Crippen LogP contribution is -2.24. The molecule has 6 heteroatoms. The number of nitrogens with two attached hydrogens (primary N) is 1. The molecule has 120 valence electrons. The number of hydrogen-bond acceptors (Lipinski definition) is 4. The highest BCUT2D eigenvalue weighted by Crippen LogP contribution is 2.20. The zero-order valence-electron chi connectivity index (χ0n) is 12.7. The number of carbonyl (C=O) groups is 2. The lowest BCUT2D eigenvalue weighted by atomic mass is 10.1. The van der Waals surface area contributed by atoms with E-state index in [4.69, 9.17) is 10.5 Å². The zero-order chi connectivity index (χ0) is 16.7. The van der Waals surface area contributed by atoms with Crippen LogP contribution in [0.15, 0.2) is 53.4 Å². The summed E-state index contributed by atoms with van der Waals surface area (Å²) in [5.74, 6) is 0.554. The number of thioether (sulfide) groups is 1. The normalized spacial score (nSPS) is 10.1. The standard InChI is InChI=1S/C17H18N2O3S/c1-22-14-5-7-15(8-6-14)23-11-16(20)19-10-12-3-2-4-13(9-12)17(18)21/h2-9H,10-11H2,1H3,(H2,18,21)(H,19,20). The second kappa shape index (κ2) is 8.24. The first-order chi connectivity index (χ1) is 11.1. The number of hydrogen-bond donors (Lipinski definition) is 2. The van der Waals surface area contributed by atoms with Crippen molar-refractivity contribution >= 4 is 23.6 Å².